The number of aromatic nitrogens is 3. The topological polar surface area (TPSA) is 71.3 Å². The summed E-state index contributed by atoms with van der Waals surface area (Å²) >= 11 is 1.33. The van der Waals surface area contributed by atoms with Crippen molar-refractivity contribution in [2.75, 3.05) is 11.9 Å². The smallest absolute Gasteiger partial charge is 0.337 e. The van der Waals surface area contributed by atoms with Crippen LogP contribution >= 0.6 is 11.3 Å². The highest BCUT2D eigenvalue weighted by atomic mass is 32.1. The van der Waals surface area contributed by atoms with E-state index < -0.39 is 23.6 Å². The molecule has 0 aliphatic rings. The molecule has 0 fully saturated rings. The van der Waals surface area contributed by atoms with Gasteiger partial charge in [0.15, 0.2) is 5.82 Å². The van der Waals surface area contributed by atoms with Crippen LogP contribution in [-0.2, 0) is 12.6 Å². The third-order valence-electron chi connectivity index (χ3n) is 4.38. The maximum atomic E-state index is 14.0. The number of amides is 2. The molecule has 0 unspecified atom stereocenters. The Bertz CT molecular complexity index is 1230. The molecule has 2 aromatic carbocycles. The lowest BCUT2D eigenvalue weighted by Gasteiger charge is -2.10. The Morgan fingerprint density at radius 3 is 2.71 bits per heavy atom. The number of rotatable bonds is 5. The van der Waals surface area contributed by atoms with Crippen molar-refractivity contribution in [3.63, 3.8) is 0 Å². The van der Waals surface area contributed by atoms with Gasteiger partial charge in [-0.2, -0.15) is 18.2 Å². The Hall–Kier alpha value is -3.47. The van der Waals surface area contributed by atoms with Crippen LogP contribution in [0.15, 0.2) is 53.9 Å². The molecule has 4 rings (SSSR count). The van der Waals surface area contributed by atoms with Crippen molar-refractivity contribution < 1.29 is 22.4 Å². The van der Waals surface area contributed by atoms with Gasteiger partial charge < -0.3 is 10.6 Å². The van der Waals surface area contributed by atoms with Crippen LogP contribution in [0.1, 0.15) is 11.3 Å². The number of urea groups is 1. The number of thiazole rings is 1. The van der Waals surface area contributed by atoms with E-state index in [1.54, 1.807) is 22.7 Å². The summed E-state index contributed by atoms with van der Waals surface area (Å²) in [6.45, 7) is 0.214. The minimum Gasteiger partial charge on any atom is -0.337 e. The number of anilines is 1. The highest BCUT2D eigenvalue weighted by molar-refractivity contribution is 7.15. The van der Waals surface area contributed by atoms with Gasteiger partial charge in [-0.3, -0.25) is 0 Å². The van der Waals surface area contributed by atoms with Gasteiger partial charge in [-0.1, -0.05) is 18.2 Å². The predicted octanol–water partition coefficient (Wildman–Crippen LogP) is 4.98. The summed E-state index contributed by atoms with van der Waals surface area (Å²) in [5.74, 6) is -0.156. The largest absolute Gasteiger partial charge is 0.416 e. The van der Waals surface area contributed by atoms with E-state index in [2.05, 4.69) is 20.7 Å². The molecule has 2 heterocycles. The number of halogens is 4. The van der Waals surface area contributed by atoms with E-state index in [0.29, 0.717) is 16.9 Å². The van der Waals surface area contributed by atoms with E-state index in [-0.39, 0.29) is 18.1 Å². The zero-order chi connectivity index (χ0) is 22.0. The summed E-state index contributed by atoms with van der Waals surface area (Å²) in [4.78, 5) is 16.9. The molecule has 31 heavy (non-hydrogen) atoms. The third-order valence-corrected chi connectivity index (χ3v) is 5.24. The highest BCUT2D eigenvalue weighted by Crippen LogP contribution is 2.30. The van der Waals surface area contributed by atoms with Gasteiger partial charge in [0.2, 0.25) is 4.96 Å². The molecule has 6 nitrogen and oxygen atoms in total. The second-order valence-corrected chi connectivity index (χ2v) is 7.38. The Kier molecular flexibility index (Phi) is 5.59. The lowest BCUT2D eigenvalue weighted by atomic mass is 10.2. The third kappa shape index (κ3) is 4.66. The monoisotopic (exact) mass is 449 g/mol. The molecule has 0 saturated heterocycles. The Labute approximate surface area is 177 Å². The molecule has 160 valence electrons. The summed E-state index contributed by atoms with van der Waals surface area (Å²) in [5, 5.41) is 11.1. The van der Waals surface area contributed by atoms with Crippen LogP contribution in [0.2, 0.25) is 0 Å². The van der Waals surface area contributed by atoms with Crippen LogP contribution in [0.4, 0.5) is 28.0 Å². The summed E-state index contributed by atoms with van der Waals surface area (Å²) in [7, 11) is 0. The summed E-state index contributed by atoms with van der Waals surface area (Å²) in [6.07, 6.45) is -4.09. The molecule has 4 aromatic rings. The fourth-order valence-electron chi connectivity index (χ4n) is 2.91. The van der Waals surface area contributed by atoms with Gasteiger partial charge in [0, 0.05) is 24.0 Å². The van der Waals surface area contributed by atoms with Gasteiger partial charge in [-0.25, -0.2) is 13.7 Å². The maximum absolute atomic E-state index is 14.0. The van der Waals surface area contributed by atoms with Crippen molar-refractivity contribution in [3.8, 4) is 11.4 Å². The standard InChI is InChI=1S/C20H15F4N5OS/c21-16-7-2-1-6-15(16)17-27-19-29(28-17)14(11-31-19)8-9-25-18(30)26-13-5-3-4-12(10-13)20(22,23)24/h1-7,10-11H,8-9H2,(H2,25,26,30). The van der Waals surface area contributed by atoms with Gasteiger partial charge in [-0.15, -0.1) is 16.4 Å². The molecule has 0 saturated carbocycles. The summed E-state index contributed by atoms with van der Waals surface area (Å²) < 4.78 is 53.8. The van der Waals surface area contributed by atoms with Crippen molar-refractivity contribution in [1.29, 1.82) is 0 Å². The zero-order valence-electron chi connectivity index (χ0n) is 15.8. The quantitative estimate of drug-likeness (QED) is 0.422. The molecule has 0 aliphatic heterocycles. The van der Waals surface area contributed by atoms with Crippen molar-refractivity contribution >= 4 is 28.0 Å². The maximum Gasteiger partial charge on any atom is 0.416 e. The molecule has 0 bridgehead atoms. The van der Waals surface area contributed by atoms with Crippen LogP contribution in [0.3, 0.4) is 0 Å². The molecule has 0 radical (unpaired) electrons. The number of benzene rings is 2. The normalized spacial score (nSPS) is 11.6. The van der Waals surface area contributed by atoms with Crippen molar-refractivity contribution in [2.24, 2.45) is 0 Å². The number of nitrogens with one attached hydrogen (secondary N) is 2. The SMILES string of the molecule is O=C(NCCc1csc2nc(-c3ccccc3F)nn12)Nc1cccc(C(F)(F)F)c1. The van der Waals surface area contributed by atoms with Gasteiger partial charge in [0.25, 0.3) is 0 Å². The number of hydrogen-bond donors (Lipinski definition) is 2. The van der Waals surface area contributed by atoms with Crippen LogP contribution in [0, 0.1) is 5.82 Å². The number of nitrogens with zero attached hydrogens (tertiary/aromatic N) is 3. The first kappa shape index (κ1) is 20.8. The van der Waals surface area contributed by atoms with Crippen LogP contribution in [0.25, 0.3) is 16.3 Å². The number of hydrogen-bond acceptors (Lipinski definition) is 4. The Morgan fingerprint density at radius 1 is 1.13 bits per heavy atom. The van der Waals surface area contributed by atoms with Crippen molar-refractivity contribution in [1.82, 2.24) is 19.9 Å². The summed E-state index contributed by atoms with van der Waals surface area (Å²) in [6, 6.07) is 9.96. The van der Waals surface area contributed by atoms with Gasteiger partial charge in [0.1, 0.15) is 5.82 Å². The van der Waals surface area contributed by atoms with Crippen LogP contribution < -0.4 is 10.6 Å². The van der Waals surface area contributed by atoms with E-state index in [9.17, 15) is 22.4 Å². The van der Waals surface area contributed by atoms with Crippen LogP contribution in [-0.4, -0.2) is 27.2 Å². The molecule has 0 aliphatic carbocycles. The molecule has 2 amide bonds. The van der Waals surface area contributed by atoms with Gasteiger partial charge >= 0.3 is 12.2 Å². The molecule has 0 spiro atoms. The van der Waals surface area contributed by atoms with E-state index >= 15 is 0 Å². The average Bonchev–Trinajstić information content (AvgIpc) is 3.29. The average molecular weight is 449 g/mol. The lowest BCUT2D eigenvalue weighted by Crippen LogP contribution is -2.30. The Morgan fingerprint density at radius 2 is 1.94 bits per heavy atom. The molecule has 2 N–H and O–H groups in total. The fourth-order valence-corrected chi connectivity index (χ4v) is 3.76. The van der Waals surface area contributed by atoms with E-state index in [1.165, 1.54) is 29.5 Å². The van der Waals surface area contributed by atoms with E-state index in [1.807, 2.05) is 5.38 Å². The van der Waals surface area contributed by atoms with Crippen molar-refractivity contribution in [3.05, 3.63) is 71.0 Å². The zero-order valence-corrected chi connectivity index (χ0v) is 16.6. The minimum atomic E-state index is -4.49. The Balaban J connectivity index is 1.38. The van der Waals surface area contributed by atoms with Gasteiger partial charge in [0.05, 0.1) is 16.8 Å². The highest BCUT2D eigenvalue weighted by Gasteiger charge is 2.30. The van der Waals surface area contributed by atoms with Gasteiger partial charge in [-0.05, 0) is 30.3 Å². The first-order valence-electron chi connectivity index (χ1n) is 9.11. The lowest BCUT2D eigenvalue weighted by molar-refractivity contribution is -0.137. The van der Waals surface area contributed by atoms with Crippen molar-refractivity contribution in [2.45, 2.75) is 12.6 Å². The first-order chi connectivity index (χ1) is 14.8. The van der Waals surface area contributed by atoms with E-state index in [0.717, 1.165) is 17.8 Å². The predicted molar refractivity (Wildman–Crippen MR) is 108 cm³/mol. The number of fused-ring (bicyclic) bond motifs is 1. The number of carbonyl (C=O) groups excluding carboxylic acids is 1. The summed E-state index contributed by atoms with van der Waals surface area (Å²) in [5.41, 5.74) is 0.247. The molecular formula is C20H15F4N5OS. The first-order valence-corrected chi connectivity index (χ1v) is 9.99. The minimum absolute atomic E-state index is 0.0380. The molecular weight excluding hydrogens is 434 g/mol. The second-order valence-electron chi connectivity index (χ2n) is 6.55. The molecule has 11 heteroatoms. The second kappa shape index (κ2) is 8.34. The molecule has 0 atom stereocenters. The van der Waals surface area contributed by atoms with Crippen LogP contribution in [0.5, 0.6) is 0 Å². The number of carbonyl (C=O) groups is 1. The fraction of sp³-hybridized carbons (Fsp3) is 0.150. The molecule has 2 aromatic heterocycles. The number of alkyl halides is 3. The van der Waals surface area contributed by atoms with E-state index in [4.69, 9.17) is 0 Å².